The highest BCUT2D eigenvalue weighted by molar-refractivity contribution is 5.89. The largest absolute Gasteiger partial charge is 0.478 e. The molecular formula is C29H44N4O6. The van der Waals surface area contributed by atoms with Gasteiger partial charge in [0.2, 0.25) is 18.2 Å². The molecule has 4 N–H and O–H groups in total. The van der Waals surface area contributed by atoms with Crippen molar-refractivity contribution in [2.24, 2.45) is 17.3 Å². The van der Waals surface area contributed by atoms with Crippen LogP contribution in [-0.2, 0) is 20.9 Å². The average Bonchev–Trinajstić information content (AvgIpc) is 3.42. The van der Waals surface area contributed by atoms with Crippen molar-refractivity contribution in [3.05, 3.63) is 35.4 Å². The summed E-state index contributed by atoms with van der Waals surface area (Å²) in [6, 6.07) is 6.30. The molecule has 0 aromatic heterocycles. The summed E-state index contributed by atoms with van der Waals surface area (Å²) in [5.41, 5.74) is 0.733. The molecular weight excluding hydrogens is 500 g/mol. The Labute approximate surface area is 231 Å². The number of aromatic carboxylic acids is 1. The van der Waals surface area contributed by atoms with E-state index in [-0.39, 0.29) is 30.0 Å². The second-order valence-corrected chi connectivity index (χ2v) is 12.1. The van der Waals surface area contributed by atoms with Gasteiger partial charge in [-0.25, -0.2) is 9.86 Å². The van der Waals surface area contributed by atoms with Gasteiger partial charge in [0.15, 0.2) is 0 Å². The summed E-state index contributed by atoms with van der Waals surface area (Å²) >= 11 is 0. The number of hydrogen-bond donors (Lipinski definition) is 4. The molecule has 0 radical (unpaired) electrons. The number of carbonyl (C=O) groups excluding carboxylic acids is 3. The number of hydrogen-bond acceptors (Lipinski definition) is 6. The lowest BCUT2D eigenvalue weighted by Crippen LogP contribution is -2.58. The van der Waals surface area contributed by atoms with Gasteiger partial charge in [-0.1, -0.05) is 58.6 Å². The Morgan fingerprint density at radius 1 is 1.08 bits per heavy atom. The van der Waals surface area contributed by atoms with Crippen molar-refractivity contribution in [2.45, 2.75) is 84.3 Å². The van der Waals surface area contributed by atoms with E-state index in [4.69, 9.17) is 5.11 Å². The molecule has 2 atom stereocenters. The number of nitrogens with zero attached hydrogens (tertiary/aromatic N) is 2. The molecule has 1 aliphatic heterocycles. The van der Waals surface area contributed by atoms with Gasteiger partial charge in [-0.15, -0.1) is 0 Å². The van der Waals surface area contributed by atoms with Crippen LogP contribution in [0.4, 0.5) is 0 Å². The summed E-state index contributed by atoms with van der Waals surface area (Å²) in [6.45, 7) is 7.44. The van der Waals surface area contributed by atoms with Crippen molar-refractivity contribution < 1.29 is 29.5 Å². The van der Waals surface area contributed by atoms with Crippen LogP contribution in [-0.4, -0.2) is 76.2 Å². The molecule has 1 aromatic carbocycles. The first-order chi connectivity index (χ1) is 18.5. The number of hydroxylamine groups is 2. The molecule has 216 valence electrons. The van der Waals surface area contributed by atoms with Crippen molar-refractivity contribution in [3.8, 4) is 0 Å². The molecule has 0 unspecified atom stereocenters. The quantitative estimate of drug-likeness (QED) is 0.180. The van der Waals surface area contributed by atoms with Gasteiger partial charge in [0.1, 0.15) is 6.04 Å². The first-order valence-corrected chi connectivity index (χ1v) is 14.0. The molecule has 0 spiro atoms. The third-order valence-electron chi connectivity index (χ3n) is 7.99. The van der Waals surface area contributed by atoms with Crippen LogP contribution in [0.1, 0.15) is 81.6 Å². The van der Waals surface area contributed by atoms with E-state index in [0.717, 1.165) is 44.1 Å². The summed E-state index contributed by atoms with van der Waals surface area (Å²) in [6.07, 6.45) is 6.76. The number of piperidine rings is 1. The predicted octanol–water partition coefficient (Wildman–Crippen LogP) is 3.04. The van der Waals surface area contributed by atoms with Crippen molar-refractivity contribution in [1.29, 1.82) is 0 Å². The maximum atomic E-state index is 13.6. The number of likely N-dealkylation sites (tertiary alicyclic amines) is 1. The lowest BCUT2D eigenvalue weighted by molar-refractivity contribution is -0.156. The Morgan fingerprint density at radius 3 is 2.23 bits per heavy atom. The van der Waals surface area contributed by atoms with Crippen LogP contribution in [0.3, 0.4) is 0 Å². The highest BCUT2D eigenvalue weighted by Crippen LogP contribution is 2.31. The van der Waals surface area contributed by atoms with Crippen LogP contribution in [0.2, 0.25) is 0 Å². The number of nitrogens with one attached hydrogen (secondary N) is 2. The zero-order chi connectivity index (χ0) is 28.6. The highest BCUT2D eigenvalue weighted by Gasteiger charge is 2.38. The molecule has 3 amide bonds. The number of rotatable bonds is 12. The zero-order valence-corrected chi connectivity index (χ0v) is 23.4. The molecule has 1 aliphatic carbocycles. The molecule has 1 saturated carbocycles. The molecule has 2 aliphatic rings. The lowest BCUT2D eigenvalue weighted by Gasteiger charge is -2.39. The Kier molecular flexibility index (Phi) is 10.9. The summed E-state index contributed by atoms with van der Waals surface area (Å²) in [4.78, 5) is 50.9. The van der Waals surface area contributed by atoms with Crippen LogP contribution in [0, 0.1) is 17.3 Å². The van der Waals surface area contributed by atoms with E-state index >= 15 is 0 Å². The van der Waals surface area contributed by atoms with E-state index in [2.05, 4.69) is 10.6 Å². The van der Waals surface area contributed by atoms with Crippen LogP contribution < -0.4 is 10.6 Å². The van der Waals surface area contributed by atoms with Crippen molar-refractivity contribution in [2.75, 3.05) is 19.6 Å². The second-order valence-electron chi connectivity index (χ2n) is 12.1. The minimum absolute atomic E-state index is 0.0903. The van der Waals surface area contributed by atoms with Crippen LogP contribution in [0.5, 0.6) is 0 Å². The van der Waals surface area contributed by atoms with E-state index in [1.54, 1.807) is 24.3 Å². The van der Waals surface area contributed by atoms with E-state index < -0.39 is 23.3 Å². The Balaban J connectivity index is 1.56. The van der Waals surface area contributed by atoms with Gasteiger partial charge in [0.25, 0.3) is 0 Å². The van der Waals surface area contributed by atoms with Gasteiger partial charge in [0.05, 0.1) is 18.0 Å². The van der Waals surface area contributed by atoms with E-state index in [9.17, 15) is 24.4 Å². The first kappa shape index (κ1) is 30.6. The first-order valence-electron chi connectivity index (χ1n) is 14.0. The summed E-state index contributed by atoms with van der Waals surface area (Å²) in [5, 5.41) is 25.9. The van der Waals surface area contributed by atoms with Crippen molar-refractivity contribution in [1.82, 2.24) is 20.6 Å². The molecule has 0 bridgehead atoms. The Hall–Kier alpha value is -2.98. The normalized spacial score (nSPS) is 18.4. The fourth-order valence-electron chi connectivity index (χ4n) is 5.60. The summed E-state index contributed by atoms with van der Waals surface area (Å²) in [5.74, 6) is -1.57. The third kappa shape index (κ3) is 9.03. The third-order valence-corrected chi connectivity index (χ3v) is 7.99. The van der Waals surface area contributed by atoms with Gasteiger partial charge in [-0.05, 0) is 48.3 Å². The maximum absolute atomic E-state index is 13.6. The number of carbonyl (C=O) groups is 4. The molecule has 10 heteroatoms. The zero-order valence-electron chi connectivity index (χ0n) is 23.4. The minimum Gasteiger partial charge on any atom is -0.478 e. The van der Waals surface area contributed by atoms with Gasteiger partial charge >= 0.3 is 5.97 Å². The summed E-state index contributed by atoms with van der Waals surface area (Å²) < 4.78 is 0. The lowest BCUT2D eigenvalue weighted by atomic mass is 9.84. The Morgan fingerprint density at radius 2 is 1.69 bits per heavy atom. The fraction of sp³-hybridized carbons (Fsp3) is 0.655. The van der Waals surface area contributed by atoms with Gasteiger partial charge in [0, 0.05) is 25.7 Å². The van der Waals surface area contributed by atoms with Crippen LogP contribution >= 0.6 is 0 Å². The fourth-order valence-corrected chi connectivity index (χ4v) is 5.60. The maximum Gasteiger partial charge on any atom is 0.335 e. The monoisotopic (exact) mass is 544 g/mol. The molecule has 1 aromatic rings. The molecule has 1 saturated heterocycles. The van der Waals surface area contributed by atoms with Crippen LogP contribution in [0.25, 0.3) is 0 Å². The number of amides is 3. The predicted molar refractivity (Wildman–Crippen MR) is 146 cm³/mol. The smallest absolute Gasteiger partial charge is 0.335 e. The standard InChI is InChI=1S/C29H44N4O6/c1-29(2,3)25(31-26(35)23(18-33(39)19-34)16-20-6-4-5-7-20)27(36)32-14-12-24(13-15-32)30-17-21-8-10-22(11-9-21)28(37)38/h8-11,19-20,23-25,30,39H,4-7,12-18H2,1-3H3,(H,31,35)(H,37,38)/t23-,25-/m1/s1. The van der Waals surface area contributed by atoms with Gasteiger partial charge < -0.3 is 20.6 Å². The molecule has 3 rings (SSSR count). The van der Waals surface area contributed by atoms with Gasteiger partial charge in [-0.2, -0.15) is 0 Å². The molecule has 2 fully saturated rings. The number of carboxylic acid groups (broad SMARTS) is 1. The van der Waals surface area contributed by atoms with E-state index in [0.29, 0.717) is 43.4 Å². The molecule has 10 nitrogen and oxygen atoms in total. The highest BCUT2D eigenvalue weighted by atomic mass is 16.5. The molecule has 39 heavy (non-hydrogen) atoms. The van der Waals surface area contributed by atoms with Crippen molar-refractivity contribution in [3.63, 3.8) is 0 Å². The second kappa shape index (κ2) is 13.9. The average molecular weight is 545 g/mol. The van der Waals surface area contributed by atoms with E-state index in [1.165, 1.54) is 0 Å². The number of benzene rings is 1. The van der Waals surface area contributed by atoms with E-state index in [1.807, 2.05) is 25.7 Å². The van der Waals surface area contributed by atoms with Crippen molar-refractivity contribution >= 4 is 24.2 Å². The molecule has 1 heterocycles. The van der Waals surface area contributed by atoms with Crippen LogP contribution in [0.15, 0.2) is 24.3 Å². The summed E-state index contributed by atoms with van der Waals surface area (Å²) in [7, 11) is 0. The minimum atomic E-state index is -0.947. The SMILES string of the molecule is CC(C)(C)[C@H](NC(=O)[C@H](CC1CCCC1)CN(O)C=O)C(=O)N1CCC(NCc2ccc(C(=O)O)cc2)CC1. The number of carboxylic acids is 1. The van der Waals surface area contributed by atoms with Gasteiger partial charge in [-0.3, -0.25) is 19.6 Å². The topological polar surface area (TPSA) is 139 Å². The Bertz CT molecular complexity index is 978.